The zero-order valence-corrected chi connectivity index (χ0v) is 21.0. The van der Waals surface area contributed by atoms with Gasteiger partial charge >= 0.3 is 0 Å². The van der Waals surface area contributed by atoms with Crippen molar-refractivity contribution in [1.29, 1.82) is 0 Å². The van der Waals surface area contributed by atoms with Gasteiger partial charge in [0, 0.05) is 35.0 Å². The predicted octanol–water partition coefficient (Wildman–Crippen LogP) is 3.96. The van der Waals surface area contributed by atoms with Crippen LogP contribution in [0.4, 0.5) is 0 Å². The van der Waals surface area contributed by atoms with Crippen LogP contribution in [0.3, 0.4) is 0 Å². The summed E-state index contributed by atoms with van der Waals surface area (Å²) in [7, 11) is 0. The number of aromatic nitrogens is 4. The Labute approximate surface area is 210 Å². The number of aliphatic hydroxyl groups excluding tert-OH is 2. The minimum absolute atomic E-state index is 0.204. The maximum absolute atomic E-state index is 11.2. The lowest BCUT2D eigenvalue weighted by molar-refractivity contribution is -0.0217. The number of aliphatic hydroxyl groups is 2. The molecule has 1 saturated heterocycles. The number of rotatable bonds is 3. The van der Waals surface area contributed by atoms with Gasteiger partial charge in [0.1, 0.15) is 23.2 Å². The molecule has 2 aliphatic rings. The Morgan fingerprint density at radius 2 is 2.06 bits per heavy atom. The number of nitrogens with zero attached hydrogens (tertiary/aromatic N) is 4. The fourth-order valence-corrected chi connectivity index (χ4v) is 6.42. The van der Waals surface area contributed by atoms with Crippen LogP contribution in [-0.2, 0) is 6.42 Å². The summed E-state index contributed by atoms with van der Waals surface area (Å²) in [5, 5.41) is 28.3. The summed E-state index contributed by atoms with van der Waals surface area (Å²) in [5.74, 6) is 0. The van der Waals surface area contributed by atoms with Crippen molar-refractivity contribution in [3.05, 3.63) is 63.7 Å². The number of halogens is 2. The first-order chi connectivity index (χ1) is 16.3. The Hall–Kier alpha value is -2.10. The molecule has 5 atom stereocenters. The summed E-state index contributed by atoms with van der Waals surface area (Å²) in [5.41, 5.74) is 3.37. The maximum atomic E-state index is 11.2. The van der Waals surface area contributed by atoms with E-state index in [9.17, 15) is 10.2 Å². The fourth-order valence-electron chi connectivity index (χ4n) is 5.94. The van der Waals surface area contributed by atoms with Crippen molar-refractivity contribution < 1.29 is 10.2 Å². The van der Waals surface area contributed by atoms with Gasteiger partial charge in [-0.2, -0.15) is 0 Å². The van der Waals surface area contributed by atoms with Gasteiger partial charge < -0.3 is 20.1 Å². The van der Waals surface area contributed by atoms with Gasteiger partial charge in [-0.3, -0.25) is 0 Å². The molecule has 1 aliphatic heterocycles. The molecule has 1 aliphatic carbocycles. The highest BCUT2D eigenvalue weighted by molar-refractivity contribution is 9.10. The molecule has 4 aromatic rings. The van der Waals surface area contributed by atoms with Gasteiger partial charge in [0.05, 0.1) is 27.8 Å². The second-order valence-electron chi connectivity index (χ2n) is 9.76. The minimum atomic E-state index is -0.850. The van der Waals surface area contributed by atoms with Crippen LogP contribution in [0.1, 0.15) is 30.1 Å². The Kier molecular flexibility index (Phi) is 5.42. The number of hydrogen-bond acceptors (Lipinski definition) is 6. The lowest BCUT2D eigenvalue weighted by atomic mass is 9.80. The molecule has 0 radical (unpaired) electrons. The van der Waals surface area contributed by atoms with E-state index < -0.39 is 12.2 Å². The average molecular weight is 543 g/mol. The van der Waals surface area contributed by atoms with E-state index in [2.05, 4.69) is 54.4 Å². The summed E-state index contributed by atoms with van der Waals surface area (Å²) in [4.78, 5) is 13.2. The second-order valence-corrected chi connectivity index (χ2v) is 11.0. The highest BCUT2D eigenvalue weighted by Crippen LogP contribution is 2.50. The molecule has 4 heterocycles. The van der Waals surface area contributed by atoms with Crippen LogP contribution in [0.15, 0.2) is 47.3 Å². The topological polar surface area (TPSA) is 96.1 Å². The van der Waals surface area contributed by atoms with E-state index in [4.69, 9.17) is 11.6 Å². The molecule has 6 rings (SSSR count). The van der Waals surface area contributed by atoms with Crippen molar-refractivity contribution in [2.45, 2.75) is 50.5 Å². The number of nitrogens with one attached hydrogen (secondary N) is 1. The van der Waals surface area contributed by atoms with Gasteiger partial charge in [-0.15, -0.1) is 0 Å². The lowest BCUT2D eigenvalue weighted by Gasteiger charge is -2.27. The third-order valence-electron chi connectivity index (χ3n) is 7.70. The summed E-state index contributed by atoms with van der Waals surface area (Å²) in [6.07, 6.45) is 4.16. The van der Waals surface area contributed by atoms with E-state index in [-0.39, 0.29) is 17.5 Å². The molecule has 5 unspecified atom stereocenters. The molecule has 34 heavy (non-hydrogen) atoms. The molecule has 0 amide bonds. The Balaban J connectivity index is 1.23. The van der Waals surface area contributed by atoms with Gasteiger partial charge in [-0.25, -0.2) is 15.0 Å². The normalized spacial score (nSPS) is 29.1. The highest BCUT2D eigenvalue weighted by Gasteiger charge is 2.56. The van der Waals surface area contributed by atoms with Crippen LogP contribution >= 0.6 is 27.5 Å². The van der Waals surface area contributed by atoms with Crippen molar-refractivity contribution >= 4 is 49.5 Å². The molecule has 1 saturated carbocycles. The molecule has 176 valence electrons. The van der Waals surface area contributed by atoms with E-state index in [1.165, 1.54) is 5.56 Å². The smallest absolute Gasteiger partial charge is 0.143 e. The van der Waals surface area contributed by atoms with Gasteiger partial charge in [0.2, 0.25) is 0 Å². The van der Waals surface area contributed by atoms with Crippen molar-refractivity contribution in [2.75, 3.05) is 6.54 Å². The molecule has 3 N–H and O–H groups in total. The standard InChI is InChI=1S/C25H25BrClN5O2/c1-13-17-4-5-32(24(17)30-12-29-13)20-10-25(22(34)21(20)33)9-16(28-11-25)6-14-2-3-15-8-18(26)23(27)31-19(15)7-14/h2-5,7-8,12,16,20-22,28,33-34H,6,9-11H2,1H3. The van der Waals surface area contributed by atoms with Gasteiger partial charge in [-0.1, -0.05) is 23.7 Å². The molecule has 0 bridgehead atoms. The van der Waals surface area contributed by atoms with E-state index in [0.29, 0.717) is 18.1 Å². The molecule has 7 nitrogen and oxygen atoms in total. The van der Waals surface area contributed by atoms with Gasteiger partial charge in [-0.05, 0) is 65.9 Å². The first-order valence-electron chi connectivity index (χ1n) is 11.5. The average Bonchev–Trinajstić information content (AvgIpc) is 3.49. The van der Waals surface area contributed by atoms with Crippen LogP contribution in [0, 0.1) is 12.3 Å². The predicted molar refractivity (Wildman–Crippen MR) is 135 cm³/mol. The number of hydrogen-bond donors (Lipinski definition) is 3. The molecular formula is C25H25BrClN5O2. The first kappa shape index (κ1) is 22.4. The monoisotopic (exact) mass is 541 g/mol. The molecule has 3 aromatic heterocycles. The summed E-state index contributed by atoms with van der Waals surface area (Å²) in [6.45, 7) is 2.63. The van der Waals surface area contributed by atoms with Crippen LogP contribution in [-0.4, -0.2) is 54.5 Å². The largest absolute Gasteiger partial charge is 0.390 e. The molecule has 1 spiro atoms. The van der Waals surface area contributed by atoms with Crippen molar-refractivity contribution in [2.24, 2.45) is 5.41 Å². The quantitative estimate of drug-likeness (QED) is 0.339. The van der Waals surface area contributed by atoms with Gasteiger partial charge in [0.15, 0.2) is 0 Å². The van der Waals surface area contributed by atoms with E-state index in [1.54, 1.807) is 6.33 Å². The third kappa shape index (κ3) is 3.55. The number of benzene rings is 1. The molecule has 1 aromatic carbocycles. The zero-order valence-electron chi connectivity index (χ0n) is 18.6. The number of pyridine rings is 1. The van der Waals surface area contributed by atoms with Gasteiger partial charge in [0.25, 0.3) is 0 Å². The zero-order chi connectivity index (χ0) is 23.6. The lowest BCUT2D eigenvalue weighted by Crippen LogP contribution is -2.38. The fraction of sp³-hybridized carbons (Fsp3) is 0.400. The third-order valence-corrected chi connectivity index (χ3v) is 8.82. The summed E-state index contributed by atoms with van der Waals surface area (Å²) in [6, 6.07) is 10.2. The Morgan fingerprint density at radius 1 is 1.21 bits per heavy atom. The number of fused-ring (bicyclic) bond motifs is 2. The SMILES string of the molecule is Cc1ncnc2c1ccn2C1CC2(CNC(Cc3ccc4cc(Br)c(Cl)nc4c3)C2)C(O)C1O. The molecule has 9 heteroatoms. The van der Waals surface area contributed by atoms with Crippen molar-refractivity contribution in [3.63, 3.8) is 0 Å². The van der Waals surface area contributed by atoms with Crippen molar-refractivity contribution in [1.82, 2.24) is 24.8 Å². The molecular weight excluding hydrogens is 518 g/mol. The van der Waals surface area contributed by atoms with E-state index in [0.717, 1.165) is 44.9 Å². The summed E-state index contributed by atoms with van der Waals surface area (Å²) >= 11 is 9.62. The van der Waals surface area contributed by atoms with Crippen LogP contribution in [0.5, 0.6) is 0 Å². The maximum Gasteiger partial charge on any atom is 0.143 e. The first-order valence-corrected chi connectivity index (χ1v) is 12.6. The van der Waals surface area contributed by atoms with Crippen LogP contribution in [0.2, 0.25) is 5.15 Å². The van der Waals surface area contributed by atoms with E-state index >= 15 is 0 Å². The van der Waals surface area contributed by atoms with Crippen molar-refractivity contribution in [3.8, 4) is 0 Å². The Bertz CT molecular complexity index is 1410. The summed E-state index contributed by atoms with van der Waals surface area (Å²) < 4.78 is 2.80. The van der Waals surface area contributed by atoms with Crippen LogP contribution < -0.4 is 5.32 Å². The van der Waals surface area contributed by atoms with E-state index in [1.807, 2.05) is 29.8 Å². The highest BCUT2D eigenvalue weighted by atomic mass is 79.9. The molecule has 2 fully saturated rings. The van der Waals surface area contributed by atoms with Crippen LogP contribution in [0.25, 0.3) is 21.9 Å². The number of aryl methyl sites for hydroxylation is 1. The second kappa shape index (κ2) is 8.24. The minimum Gasteiger partial charge on any atom is -0.390 e. The Morgan fingerprint density at radius 3 is 2.91 bits per heavy atom.